The third-order valence-corrected chi connectivity index (χ3v) is 3.82. The van der Waals surface area contributed by atoms with E-state index in [1.807, 2.05) is 0 Å². The average molecular weight is 336 g/mol. The number of carbonyl (C=O) groups is 1. The Balaban J connectivity index is 0.00000220. The van der Waals surface area contributed by atoms with Gasteiger partial charge >= 0.3 is 0 Å². The summed E-state index contributed by atoms with van der Waals surface area (Å²) in [6, 6.07) is 3.92. The number of hydrogen-bond donors (Lipinski definition) is 2. The molecule has 1 amide bonds. The first kappa shape index (κ1) is 18.2. The summed E-state index contributed by atoms with van der Waals surface area (Å²) < 4.78 is 12.9. The van der Waals surface area contributed by atoms with Crippen molar-refractivity contribution in [2.45, 2.75) is 12.8 Å². The summed E-state index contributed by atoms with van der Waals surface area (Å²) in [4.78, 5) is 14.1. The number of nitrogens with zero attached hydrogens (tertiary/aromatic N) is 1. The molecule has 1 aliphatic rings. The standard InChI is InChI=1S/C14H19ClFN3O.ClH/c15-12-6-11(16)3-4-13(12)18-14(20)9-19-5-1-2-10(7-17)8-19;/h3-4,6,10H,1-2,5,7-9,17H2,(H,18,20);1H. The zero-order valence-electron chi connectivity index (χ0n) is 11.6. The maximum Gasteiger partial charge on any atom is 0.238 e. The van der Waals surface area contributed by atoms with Gasteiger partial charge in [-0.3, -0.25) is 9.69 Å². The molecule has 1 fully saturated rings. The summed E-state index contributed by atoms with van der Waals surface area (Å²) in [6.45, 7) is 2.72. The molecule has 2 rings (SSSR count). The maximum absolute atomic E-state index is 12.9. The number of carbonyl (C=O) groups excluding carboxylic acids is 1. The van der Waals surface area contributed by atoms with Gasteiger partial charge in [-0.25, -0.2) is 4.39 Å². The van der Waals surface area contributed by atoms with E-state index in [2.05, 4.69) is 10.2 Å². The van der Waals surface area contributed by atoms with Crippen LogP contribution in [0.5, 0.6) is 0 Å². The van der Waals surface area contributed by atoms with Crippen LogP contribution in [-0.2, 0) is 4.79 Å². The molecule has 118 valence electrons. The second-order valence-corrected chi connectivity index (χ2v) is 5.56. The summed E-state index contributed by atoms with van der Waals surface area (Å²) in [6.07, 6.45) is 2.19. The van der Waals surface area contributed by atoms with E-state index in [1.165, 1.54) is 18.2 Å². The number of rotatable bonds is 4. The van der Waals surface area contributed by atoms with Gasteiger partial charge in [0, 0.05) is 6.54 Å². The Morgan fingerprint density at radius 2 is 2.29 bits per heavy atom. The van der Waals surface area contributed by atoms with Crippen LogP contribution in [0.1, 0.15) is 12.8 Å². The molecule has 1 aliphatic heterocycles. The van der Waals surface area contributed by atoms with E-state index >= 15 is 0 Å². The third kappa shape index (κ3) is 5.43. The summed E-state index contributed by atoms with van der Waals surface area (Å²) in [5.41, 5.74) is 6.11. The highest BCUT2D eigenvalue weighted by atomic mass is 35.5. The van der Waals surface area contributed by atoms with Crippen molar-refractivity contribution < 1.29 is 9.18 Å². The van der Waals surface area contributed by atoms with Gasteiger partial charge in [0.1, 0.15) is 5.82 Å². The molecule has 0 radical (unpaired) electrons. The average Bonchev–Trinajstić information content (AvgIpc) is 2.42. The van der Waals surface area contributed by atoms with E-state index in [4.69, 9.17) is 17.3 Å². The summed E-state index contributed by atoms with van der Waals surface area (Å²) >= 11 is 5.88. The Morgan fingerprint density at radius 1 is 1.52 bits per heavy atom. The highest BCUT2D eigenvalue weighted by Gasteiger charge is 2.20. The quantitative estimate of drug-likeness (QED) is 0.888. The zero-order valence-corrected chi connectivity index (χ0v) is 13.2. The molecule has 3 N–H and O–H groups in total. The SMILES string of the molecule is Cl.NCC1CCCN(CC(=O)Nc2ccc(F)cc2Cl)C1. The fourth-order valence-corrected chi connectivity index (χ4v) is 2.69. The normalized spacial score (nSPS) is 18.9. The van der Waals surface area contributed by atoms with E-state index in [0.717, 1.165) is 25.9 Å². The van der Waals surface area contributed by atoms with E-state index in [1.54, 1.807) is 0 Å². The molecule has 0 saturated carbocycles. The van der Waals surface area contributed by atoms with Crippen LogP contribution in [0.3, 0.4) is 0 Å². The number of benzene rings is 1. The Hall–Kier alpha value is -0.880. The van der Waals surface area contributed by atoms with E-state index in [0.29, 0.717) is 24.7 Å². The lowest BCUT2D eigenvalue weighted by Gasteiger charge is -2.31. The molecule has 1 heterocycles. The lowest BCUT2D eigenvalue weighted by molar-refractivity contribution is -0.117. The molecular weight excluding hydrogens is 316 g/mol. The van der Waals surface area contributed by atoms with Gasteiger partial charge in [-0.1, -0.05) is 11.6 Å². The van der Waals surface area contributed by atoms with Crippen LogP contribution in [0.15, 0.2) is 18.2 Å². The van der Waals surface area contributed by atoms with E-state index in [-0.39, 0.29) is 23.3 Å². The van der Waals surface area contributed by atoms with Gasteiger partial charge in [-0.05, 0) is 50.0 Å². The Labute approximate surface area is 135 Å². The van der Waals surface area contributed by atoms with E-state index < -0.39 is 5.82 Å². The lowest BCUT2D eigenvalue weighted by atomic mass is 9.98. The Morgan fingerprint density at radius 3 is 2.95 bits per heavy atom. The van der Waals surface area contributed by atoms with Crippen molar-refractivity contribution >= 4 is 35.6 Å². The van der Waals surface area contributed by atoms with Gasteiger partial charge < -0.3 is 11.1 Å². The minimum Gasteiger partial charge on any atom is -0.330 e. The second-order valence-electron chi connectivity index (χ2n) is 5.15. The first-order chi connectivity index (χ1) is 9.58. The number of hydrogen-bond acceptors (Lipinski definition) is 3. The van der Waals surface area contributed by atoms with Crippen LogP contribution >= 0.6 is 24.0 Å². The highest BCUT2D eigenvalue weighted by molar-refractivity contribution is 6.33. The van der Waals surface area contributed by atoms with Crippen LogP contribution in [-0.4, -0.2) is 37.0 Å². The van der Waals surface area contributed by atoms with Crippen molar-refractivity contribution in [2.75, 3.05) is 31.5 Å². The van der Waals surface area contributed by atoms with Crippen LogP contribution in [0.25, 0.3) is 0 Å². The molecule has 7 heteroatoms. The maximum atomic E-state index is 12.9. The molecule has 1 aromatic rings. The molecule has 1 aromatic carbocycles. The van der Waals surface area contributed by atoms with Gasteiger partial charge in [0.05, 0.1) is 17.3 Å². The van der Waals surface area contributed by atoms with Gasteiger partial charge in [0.2, 0.25) is 5.91 Å². The number of likely N-dealkylation sites (tertiary alicyclic amines) is 1. The number of nitrogens with one attached hydrogen (secondary N) is 1. The van der Waals surface area contributed by atoms with Crippen molar-refractivity contribution in [3.63, 3.8) is 0 Å². The van der Waals surface area contributed by atoms with Gasteiger partial charge in [0.25, 0.3) is 0 Å². The van der Waals surface area contributed by atoms with E-state index in [9.17, 15) is 9.18 Å². The first-order valence-corrected chi connectivity index (χ1v) is 7.13. The summed E-state index contributed by atoms with van der Waals surface area (Å²) in [5.74, 6) is -0.100. The highest BCUT2D eigenvalue weighted by Crippen LogP contribution is 2.22. The van der Waals surface area contributed by atoms with Crippen LogP contribution in [0.2, 0.25) is 5.02 Å². The van der Waals surface area contributed by atoms with Crippen LogP contribution in [0, 0.1) is 11.7 Å². The number of anilines is 1. The van der Waals surface area contributed by atoms with Crippen molar-refractivity contribution in [2.24, 2.45) is 11.7 Å². The summed E-state index contributed by atoms with van der Waals surface area (Å²) in [5, 5.41) is 2.91. The number of halogens is 3. The second kappa shape index (κ2) is 8.54. The molecule has 0 aliphatic carbocycles. The first-order valence-electron chi connectivity index (χ1n) is 6.76. The fourth-order valence-electron chi connectivity index (χ4n) is 2.47. The molecule has 4 nitrogen and oxygen atoms in total. The molecule has 1 atom stereocenters. The molecule has 1 unspecified atom stereocenters. The van der Waals surface area contributed by atoms with Gasteiger partial charge in [-0.15, -0.1) is 12.4 Å². The van der Waals surface area contributed by atoms with Crippen molar-refractivity contribution in [1.82, 2.24) is 4.90 Å². The van der Waals surface area contributed by atoms with Crippen molar-refractivity contribution in [1.29, 1.82) is 0 Å². The number of amides is 1. The molecule has 1 saturated heterocycles. The third-order valence-electron chi connectivity index (χ3n) is 3.51. The Kier molecular flexibility index (Phi) is 7.39. The number of nitrogens with two attached hydrogens (primary N) is 1. The Bertz CT molecular complexity index is 487. The predicted octanol–water partition coefficient (Wildman–Crippen LogP) is 2.51. The molecule has 0 aromatic heterocycles. The van der Waals surface area contributed by atoms with Crippen molar-refractivity contribution in [3.8, 4) is 0 Å². The van der Waals surface area contributed by atoms with Crippen molar-refractivity contribution in [3.05, 3.63) is 29.0 Å². The minimum absolute atomic E-state index is 0. The molecule has 21 heavy (non-hydrogen) atoms. The smallest absolute Gasteiger partial charge is 0.238 e. The lowest BCUT2D eigenvalue weighted by Crippen LogP contribution is -2.42. The molecule has 0 spiro atoms. The zero-order chi connectivity index (χ0) is 14.5. The van der Waals surface area contributed by atoms with Gasteiger partial charge in [0.15, 0.2) is 0 Å². The topological polar surface area (TPSA) is 58.4 Å². The molecular formula is C14H20Cl2FN3O. The summed E-state index contributed by atoms with van der Waals surface area (Å²) in [7, 11) is 0. The van der Waals surface area contributed by atoms with Crippen LogP contribution < -0.4 is 11.1 Å². The largest absolute Gasteiger partial charge is 0.330 e. The van der Waals surface area contributed by atoms with Crippen LogP contribution in [0.4, 0.5) is 10.1 Å². The van der Waals surface area contributed by atoms with Gasteiger partial charge in [-0.2, -0.15) is 0 Å². The predicted molar refractivity (Wildman–Crippen MR) is 85.5 cm³/mol. The fraction of sp³-hybridized carbons (Fsp3) is 0.500. The molecule has 0 bridgehead atoms. The monoisotopic (exact) mass is 335 g/mol. The minimum atomic E-state index is -0.421. The number of piperidine rings is 1.